The van der Waals surface area contributed by atoms with Crippen molar-refractivity contribution in [2.75, 3.05) is 0 Å². The summed E-state index contributed by atoms with van der Waals surface area (Å²) >= 11 is 1.70. The lowest BCUT2D eigenvalue weighted by Crippen LogP contribution is -2.12. The van der Waals surface area contributed by atoms with Crippen LogP contribution in [0.5, 0.6) is 0 Å². The molecule has 0 saturated carbocycles. The van der Waals surface area contributed by atoms with Gasteiger partial charge in [0.05, 0.1) is 0 Å². The minimum Gasteiger partial charge on any atom is -0.384 e. The van der Waals surface area contributed by atoms with Crippen LogP contribution < -0.4 is 5.73 Å². The topological polar surface area (TPSA) is 49.9 Å². The van der Waals surface area contributed by atoms with Gasteiger partial charge in [-0.2, -0.15) is 0 Å². The lowest BCUT2D eigenvalue weighted by molar-refractivity contribution is 1.26. The van der Waals surface area contributed by atoms with E-state index in [1.807, 2.05) is 25.1 Å². The number of nitrogen functional groups attached to an aromatic ring is 1. The van der Waals surface area contributed by atoms with Gasteiger partial charge in [0, 0.05) is 15.4 Å². The highest BCUT2D eigenvalue weighted by atomic mass is 32.2. The minimum atomic E-state index is 0.107. The molecule has 0 saturated heterocycles. The van der Waals surface area contributed by atoms with Crippen LogP contribution in [0.1, 0.15) is 11.1 Å². The third-order valence-electron chi connectivity index (χ3n) is 6.18. The van der Waals surface area contributed by atoms with Gasteiger partial charge in [-0.1, -0.05) is 109 Å². The Morgan fingerprint density at radius 3 is 1.66 bits per heavy atom. The summed E-state index contributed by atoms with van der Waals surface area (Å²) in [4.78, 5) is 2.28. The summed E-state index contributed by atoms with van der Waals surface area (Å²) in [5.74, 6) is 0.107. The summed E-state index contributed by atoms with van der Waals surface area (Å²) in [6, 6.07) is 42.5. The number of nitrogens with one attached hydrogen (secondary N) is 1. The zero-order chi connectivity index (χ0) is 24.2. The second kappa shape index (κ2) is 10.0. The number of hydrogen-bond acceptors (Lipinski definition) is 2. The zero-order valence-electron chi connectivity index (χ0n) is 19.5. The molecule has 170 valence electrons. The van der Waals surface area contributed by atoms with Crippen molar-refractivity contribution in [3.05, 3.63) is 132 Å². The molecular formula is C32H26N2S. The van der Waals surface area contributed by atoms with Crippen LogP contribution >= 0.6 is 11.8 Å². The van der Waals surface area contributed by atoms with E-state index in [-0.39, 0.29) is 5.84 Å². The Kier molecular flexibility index (Phi) is 6.51. The first-order chi connectivity index (χ1) is 17.1. The van der Waals surface area contributed by atoms with Gasteiger partial charge in [0.15, 0.2) is 0 Å². The summed E-state index contributed by atoms with van der Waals surface area (Å²) in [5, 5.41) is 7.76. The SMILES string of the molecule is Cc1c(Sc2ccc(-c3ccc(-c4cccc(-c5ccccc5)c4)cc3)cc2)cccc1C(=N)N. The predicted octanol–water partition coefficient (Wildman–Crippen LogP) is 8.43. The molecule has 0 aliphatic carbocycles. The van der Waals surface area contributed by atoms with Crippen LogP contribution in [0.15, 0.2) is 131 Å². The van der Waals surface area contributed by atoms with E-state index in [9.17, 15) is 0 Å². The summed E-state index contributed by atoms with van der Waals surface area (Å²) in [6.45, 7) is 2.02. The first-order valence-corrected chi connectivity index (χ1v) is 12.4. The maximum absolute atomic E-state index is 7.76. The van der Waals surface area contributed by atoms with Crippen molar-refractivity contribution in [2.45, 2.75) is 16.7 Å². The number of nitrogens with two attached hydrogens (primary N) is 1. The molecule has 35 heavy (non-hydrogen) atoms. The molecule has 2 nitrogen and oxygen atoms in total. The largest absolute Gasteiger partial charge is 0.384 e. The van der Waals surface area contributed by atoms with Gasteiger partial charge in [-0.05, 0) is 70.1 Å². The summed E-state index contributed by atoms with van der Waals surface area (Å²) in [5.41, 5.74) is 14.8. The lowest BCUT2D eigenvalue weighted by Gasteiger charge is -2.11. The molecule has 0 unspecified atom stereocenters. The molecule has 0 amide bonds. The van der Waals surface area contributed by atoms with Crippen molar-refractivity contribution >= 4 is 17.6 Å². The Labute approximate surface area is 211 Å². The van der Waals surface area contributed by atoms with E-state index >= 15 is 0 Å². The van der Waals surface area contributed by atoms with Crippen LogP contribution in [0.25, 0.3) is 33.4 Å². The number of hydrogen-bond donors (Lipinski definition) is 2. The first-order valence-electron chi connectivity index (χ1n) is 11.6. The van der Waals surface area contributed by atoms with Crippen LogP contribution in [0.4, 0.5) is 0 Å². The molecular weight excluding hydrogens is 444 g/mol. The molecule has 3 N–H and O–H groups in total. The summed E-state index contributed by atoms with van der Waals surface area (Å²) < 4.78 is 0. The fourth-order valence-electron chi connectivity index (χ4n) is 4.22. The summed E-state index contributed by atoms with van der Waals surface area (Å²) in [6.07, 6.45) is 0. The molecule has 5 aromatic carbocycles. The maximum atomic E-state index is 7.76. The molecule has 0 radical (unpaired) electrons. The molecule has 3 heteroatoms. The Hall–Kier alpha value is -4.08. The van der Waals surface area contributed by atoms with E-state index in [1.54, 1.807) is 11.8 Å². The average molecular weight is 471 g/mol. The molecule has 0 aliphatic heterocycles. The standard InChI is InChI=1S/C32H26N2S/c1-22-30(32(33)34)11-6-12-31(22)35-29-19-17-25(18-20-29)24-13-15-26(16-14-24)28-10-5-9-27(21-28)23-7-3-2-4-8-23/h2-21H,1H3,(H3,33,34). The Morgan fingerprint density at radius 2 is 1.06 bits per heavy atom. The van der Waals surface area contributed by atoms with Crippen molar-refractivity contribution in [2.24, 2.45) is 5.73 Å². The molecule has 0 aliphatic rings. The number of rotatable bonds is 6. The lowest BCUT2D eigenvalue weighted by atomic mass is 9.97. The van der Waals surface area contributed by atoms with Gasteiger partial charge in [-0.25, -0.2) is 0 Å². The smallest absolute Gasteiger partial charge is 0.123 e. The van der Waals surface area contributed by atoms with Crippen LogP contribution in [-0.2, 0) is 0 Å². The normalized spacial score (nSPS) is 10.8. The Morgan fingerprint density at radius 1 is 0.571 bits per heavy atom. The van der Waals surface area contributed by atoms with Crippen LogP contribution in [0, 0.1) is 12.3 Å². The molecule has 0 atom stereocenters. The van der Waals surface area contributed by atoms with Gasteiger partial charge in [0.1, 0.15) is 5.84 Å². The molecule has 0 bridgehead atoms. The van der Waals surface area contributed by atoms with E-state index < -0.39 is 0 Å². The second-order valence-electron chi connectivity index (χ2n) is 8.49. The molecule has 0 aromatic heterocycles. The first kappa shape index (κ1) is 22.7. The fourth-order valence-corrected chi connectivity index (χ4v) is 5.16. The second-order valence-corrected chi connectivity index (χ2v) is 9.61. The quantitative estimate of drug-likeness (QED) is 0.193. The van der Waals surface area contributed by atoms with Crippen LogP contribution in [0.3, 0.4) is 0 Å². The van der Waals surface area contributed by atoms with Gasteiger partial charge in [-0.3, -0.25) is 5.41 Å². The monoisotopic (exact) mass is 470 g/mol. The van der Waals surface area contributed by atoms with Crippen LogP contribution in [0.2, 0.25) is 0 Å². The Balaban J connectivity index is 1.33. The van der Waals surface area contributed by atoms with Crippen molar-refractivity contribution in [3.63, 3.8) is 0 Å². The van der Waals surface area contributed by atoms with E-state index in [1.165, 1.54) is 33.4 Å². The van der Waals surface area contributed by atoms with Gasteiger partial charge in [0.25, 0.3) is 0 Å². The predicted molar refractivity (Wildman–Crippen MR) is 149 cm³/mol. The van der Waals surface area contributed by atoms with E-state index in [4.69, 9.17) is 11.1 Å². The Bertz CT molecular complexity index is 1470. The van der Waals surface area contributed by atoms with Gasteiger partial charge >= 0.3 is 0 Å². The molecule has 5 aromatic rings. The highest BCUT2D eigenvalue weighted by Gasteiger charge is 2.08. The zero-order valence-corrected chi connectivity index (χ0v) is 20.3. The highest BCUT2D eigenvalue weighted by molar-refractivity contribution is 7.99. The molecule has 0 spiro atoms. The van der Waals surface area contributed by atoms with Crippen molar-refractivity contribution in [3.8, 4) is 33.4 Å². The van der Waals surface area contributed by atoms with Gasteiger partial charge in [0.2, 0.25) is 0 Å². The maximum Gasteiger partial charge on any atom is 0.123 e. The van der Waals surface area contributed by atoms with Crippen LogP contribution in [-0.4, -0.2) is 5.84 Å². The molecule has 5 rings (SSSR count). The number of amidine groups is 1. The molecule has 0 heterocycles. The van der Waals surface area contributed by atoms with E-state index in [0.717, 1.165) is 20.9 Å². The van der Waals surface area contributed by atoms with Crippen molar-refractivity contribution < 1.29 is 0 Å². The third kappa shape index (κ3) is 5.06. The minimum absolute atomic E-state index is 0.107. The van der Waals surface area contributed by atoms with Gasteiger partial charge < -0.3 is 5.73 Å². The average Bonchev–Trinajstić information content (AvgIpc) is 2.91. The highest BCUT2D eigenvalue weighted by Crippen LogP contribution is 2.34. The van der Waals surface area contributed by atoms with Gasteiger partial charge in [-0.15, -0.1) is 0 Å². The van der Waals surface area contributed by atoms with Crippen molar-refractivity contribution in [1.29, 1.82) is 5.41 Å². The summed E-state index contributed by atoms with van der Waals surface area (Å²) in [7, 11) is 0. The van der Waals surface area contributed by atoms with Crippen molar-refractivity contribution in [1.82, 2.24) is 0 Å². The van der Waals surface area contributed by atoms with E-state index in [2.05, 4.69) is 103 Å². The number of benzene rings is 5. The molecule has 0 fully saturated rings. The fraction of sp³-hybridized carbons (Fsp3) is 0.0312. The third-order valence-corrected chi connectivity index (χ3v) is 7.35. The van der Waals surface area contributed by atoms with E-state index in [0.29, 0.717) is 0 Å².